The van der Waals surface area contributed by atoms with Gasteiger partial charge in [0, 0.05) is 17.7 Å². The second-order valence-electron chi connectivity index (χ2n) is 7.23. The van der Waals surface area contributed by atoms with Crippen molar-refractivity contribution in [2.75, 3.05) is 5.32 Å². The zero-order valence-electron chi connectivity index (χ0n) is 14.9. The molecular formula is C20H18F5N3. The lowest BCUT2D eigenvalue weighted by Crippen LogP contribution is -2.13. The monoisotopic (exact) mass is 395 g/mol. The van der Waals surface area contributed by atoms with Crippen LogP contribution in [0.4, 0.5) is 27.8 Å². The third-order valence-corrected chi connectivity index (χ3v) is 5.60. The SMILES string of the molecule is Fc1cccc(F)c1CNc1cnc(C2=C(C(F)(F)F)CC3CCCC23)cn1. The topological polar surface area (TPSA) is 37.8 Å². The fraction of sp³-hybridized carbons (Fsp3) is 0.400. The smallest absolute Gasteiger partial charge is 0.364 e. The van der Waals surface area contributed by atoms with Gasteiger partial charge < -0.3 is 5.32 Å². The van der Waals surface area contributed by atoms with E-state index in [4.69, 9.17) is 0 Å². The largest absolute Gasteiger partial charge is 0.413 e. The molecule has 2 unspecified atom stereocenters. The van der Waals surface area contributed by atoms with Gasteiger partial charge in [-0.15, -0.1) is 0 Å². The first-order chi connectivity index (χ1) is 13.3. The van der Waals surface area contributed by atoms with Crippen LogP contribution in [-0.2, 0) is 6.54 Å². The Hall–Kier alpha value is -2.51. The Morgan fingerprint density at radius 3 is 2.43 bits per heavy atom. The maximum Gasteiger partial charge on any atom is 0.413 e. The van der Waals surface area contributed by atoms with Crippen LogP contribution in [0.25, 0.3) is 5.57 Å². The molecule has 2 aromatic rings. The molecule has 1 saturated carbocycles. The van der Waals surface area contributed by atoms with Crippen LogP contribution in [0.3, 0.4) is 0 Å². The molecule has 0 aliphatic heterocycles. The summed E-state index contributed by atoms with van der Waals surface area (Å²) in [5.74, 6) is -1.24. The van der Waals surface area contributed by atoms with Crippen LogP contribution in [0, 0.1) is 23.5 Å². The van der Waals surface area contributed by atoms with Crippen molar-refractivity contribution in [1.82, 2.24) is 9.97 Å². The average Bonchev–Trinajstić information content (AvgIpc) is 3.23. The first kappa shape index (κ1) is 18.8. The normalized spacial score (nSPS) is 21.9. The molecule has 1 fully saturated rings. The van der Waals surface area contributed by atoms with Gasteiger partial charge in [0.15, 0.2) is 0 Å². The Morgan fingerprint density at radius 1 is 1.04 bits per heavy atom. The van der Waals surface area contributed by atoms with E-state index in [1.807, 2.05) is 0 Å². The Labute approximate surface area is 158 Å². The number of hydrogen-bond acceptors (Lipinski definition) is 3. The summed E-state index contributed by atoms with van der Waals surface area (Å²) in [6.45, 7) is -0.145. The minimum Gasteiger partial charge on any atom is -0.364 e. The molecule has 3 nitrogen and oxygen atoms in total. The Morgan fingerprint density at radius 2 is 1.79 bits per heavy atom. The van der Waals surface area contributed by atoms with Crippen molar-refractivity contribution in [3.63, 3.8) is 0 Å². The molecular weight excluding hydrogens is 377 g/mol. The summed E-state index contributed by atoms with van der Waals surface area (Å²) in [4.78, 5) is 8.28. The van der Waals surface area contributed by atoms with Crippen molar-refractivity contribution in [2.24, 2.45) is 11.8 Å². The summed E-state index contributed by atoms with van der Waals surface area (Å²) >= 11 is 0. The predicted octanol–water partition coefficient (Wildman–Crippen LogP) is 5.50. The van der Waals surface area contributed by atoms with Crippen LogP contribution in [0.2, 0.25) is 0 Å². The fourth-order valence-corrected chi connectivity index (χ4v) is 4.31. The Kier molecular flexibility index (Phi) is 4.81. The van der Waals surface area contributed by atoms with E-state index in [1.165, 1.54) is 18.5 Å². The molecule has 0 saturated heterocycles. The van der Waals surface area contributed by atoms with Crippen LogP contribution in [0.1, 0.15) is 36.9 Å². The number of nitrogens with zero attached hydrogens (tertiary/aromatic N) is 2. The van der Waals surface area contributed by atoms with Gasteiger partial charge in [-0.25, -0.2) is 13.8 Å². The lowest BCUT2D eigenvalue weighted by atomic mass is 9.93. The summed E-state index contributed by atoms with van der Waals surface area (Å²) in [5.41, 5.74) is -0.149. The predicted molar refractivity (Wildman–Crippen MR) is 94.1 cm³/mol. The molecule has 1 N–H and O–H groups in total. The third kappa shape index (κ3) is 3.47. The number of halogens is 5. The van der Waals surface area contributed by atoms with Gasteiger partial charge in [-0.1, -0.05) is 12.5 Å². The van der Waals surface area contributed by atoms with Crippen LogP contribution >= 0.6 is 0 Å². The van der Waals surface area contributed by atoms with E-state index >= 15 is 0 Å². The number of hydrogen-bond donors (Lipinski definition) is 1. The first-order valence-electron chi connectivity index (χ1n) is 9.14. The van der Waals surface area contributed by atoms with Crippen LogP contribution in [-0.4, -0.2) is 16.1 Å². The number of aromatic nitrogens is 2. The van der Waals surface area contributed by atoms with Gasteiger partial charge in [0.05, 0.1) is 18.1 Å². The highest BCUT2D eigenvalue weighted by Crippen LogP contribution is 2.54. The van der Waals surface area contributed by atoms with Gasteiger partial charge in [0.1, 0.15) is 17.5 Å². The number of allylic oxidation sites excluding steroid dienone is 2. The van der Waals surface area contributed by atoms with Crippen molar-refractivity contribution >= 4 is 11.4 Å². The highest BCUT2D eigenvalue weighted by atomic mass is 19.4. The second-order valence-corrected chi connectivity index (χ2v) is 7.23. The molecule has 0 spiro atoms. The minimum atomic E-state index is -4.37. The van der Waals surface area contributed by atoms with E-state index in [9.17, 15) is 22.0 Å². The van der Waals surface area contributed by atoms with E-state index in [1.54, 1.807) is 0 Å². The molecule has 0 amide bonds. The number of nitrogens with one attached hydrogen (secondary N) is 1. The van der Waals surface area contributed by atoms with Gasteiger partial charge in [0.25, 0.3) is 0 Å². The standard InChI is InChI=1S/C20H18F5N3/c21-15-5-2-6-16(22)13(15)8-27-18-10-26-17(9-28-18)19-12-4-1-3-11(12)7-14(19)20(23,24)25/h2,5-6,9-12H,1,3-4,7-8H2,(H,27,28). The molecule has 28 heavy (non-hydrogen) atoms. The summed E-state index contributed by atoms with van der Waals surface area (Å²) < 4.78 is 67.8. The zero-order chi connectivity index (χ0) is 19.9. The average molecular weight is 395 g/mol. The molecule has 0 bridgehead atoms. The fourth-order valence-electron chi connectivity index (χ4n) is 4.31. The Bertz CT molecular complexity index is 885. The van der Waals surface area contributed by atoms with Crippen molar-refractivity contribution in [1.29, 1.82) is 0 Å². The van der Waals surface area contributed by atoms with Gasteiger partial charge in [0.2, 0.25) is 0 Å². The number of anilines is 1. The van der Waals surface area contributed by atoms with E-state index < -0.39 is 23.4 Å². The highest BCUT2D eigenvalue weighted by molar-refractivity contribution is 5.72. The lowest BCUT2D eigenvalue weighted by molar-refractivity contribution is -0.0933. The van der Waals surface area contributed by atoms with E-state index in [-0.39, 0.29) is 47.4 Å². The van der Waals surface area contributed by atoms with Crippen molar-refractivity contribution < 1.29 is 22.0 Å². The van der Waals surface area contributed by atoms with Gasteiger partial charge in [-0.2, -0.15) is 13.2 Å². The first-order valence-corrected chi connectivity index (χ1v) is 9.14. The maximum absolute atomic E-state index is 13.7. The van der Waals surface area contributed by atoms with Crippen LogP contribution in [0.5, 0.6) is 0 Å². The number of rotatable bonds is 4. The molecule has 0 radical (unpaired) electrons. The van der Waals surface area contributed by atoms with Crippen molar-refractivity contribution in [3.8, 4) is 0 Å². The van der Waals surface area contributed by atoms with E-state index in [2.05, 4.69) is 15.3 Å². The highest BCUT2D eigenvalue weighted by Gasteiger charge is 2.48. The molecule has 4 rings (SSSR count). The van der Waals surface area contributed by atoms with Gasteiger partial charge in [-0.3, -0.25) is 4.98 Å². The van der Waals surface area contributed by atoms with Crippen LogP contribution in [0.15, 0.2) is 36.2 Å². The molecule has 2 aliphatic carbocycles. The van der Waals surface area contributed by atoms with Crippen LogP contribution < -0.4 is 5.32 Å². The summed E-state index contributed by atoms with van der Waals surface area (Å²) in [7, 11) is 0. The molecule has 1 heterocycles. The zero-order valence-corrected chi connectivity index (χ0v) is 14.9. The van der Waals surface area contributed by atoms with E-state index in [0.29, 0.717) is 0 Å². The summed E-state index contributed by atoms with van der Waals surface area (Å²) in [5, 5.41) is 2.76. The quantitative estimate of drug-likeness (QED) is 0.695. The second kappa shape index (κ2) is 7.14. The van der Waals surface area contributed by atoms with Gasteiger partial charge >= 0.3 is 6.18 Å². The molecule has 2 aliphatic rings. The van der Waals surface area contributed by atoms with Crippen molar-refractivity contribution in [2.45, 2.75) is 38.4 Å². The molecule has 1 aromatic heterocycles. The molecule has 148 valence electrons. The van der Waals surface area contributed by atoms with Gasteiger partial charge in [-0.05, 0) is 48.8 Å². The summed E-state index contributed by atoms with van der Waals surface area (Å²) in [6.07, 6.45) is 0.728. The number of benzene rings is 1. The third-order valence-electron chi connectivity index (χ3n) is 5.60. The lowest BCUT2D eigenvalue weighted by Gasteiger charge is -2.15. The Balaban J connectivity index is 1.55. The van der Waals surface area contributed by atoms with Crippen molar-refractivity contribution in [3.05, 3.63) is 59.1 Å². The number of fused-ring (bicyclic) bond motifs is 1. The molecule has 2 atom stereocenters. The van der Waals surface area contributed by atoms with E-state index in [0.717, 1.165) is 31.4 Å². The number of alkyl halides is 3. The molecule has 1 aromatic carbocycles. The maximum atomic E-state index is 13.7. The summed E-state index contributed by atoms with van der Waals surface area (Å²) in [6, 6.07) is 3.57. The molecule has 8 heteroatoms. The minimum absolute atomic E-state index is 0.0234.